The summed E-state index contributed by atoms with van der Waals surface area (Å²) in [5, 5.41) is 12.3. The first-order valence-corrected chi connectivity index (χ1v) is 6.02. The molecule has 96 valence electrons. The molecule has 0 aliphatic rings. The minimum atomic E-state index is -0.871. The molecule has 5 nitrogen and oxygen atoms in total. The van der Waals surface area contributed by atoms with Crippen LogP contribution in [0.25, 0.3) is 0 Å². The fraction of sp³-hybridized carbons (Fsp3) is 0.667. The Morgan fingerprint density at radius 1 is 1.59 bits per heavy atom. The largest absolute Gasteiger partial charge is 0.480 e. The summed E-state index contributed by atoms with van der Waals surface area (Å²) < 4.78 is 2.01. The molecule has 0 aromatic carbocycles. The monoisotopic (exact) mass is 239 g/mol. The molecule has 0 spiro atoms. The zero-order valence-electron chi connectivity index (χ0n) is 10.7. The van der Waals surface area contributed by atoms with Crippen molar-refractivity contribution in [3.05, 3.63) is 18.2 Å². The minimum Gasteiger partial charge on any atom is -0.480 e. The van der Waals surface area contributed by atoms with E-state index in [9.17, 15) is 9.90 Å². The van der Waals surface area contributed by atoms with Crippen LogP contribution in [0.3, 0.4) is 0 Å². The van der Waals surface area contributed by atoms with Gasteiger partial charge in [-0.2, -0.15) is 0 Å². The number of likely N-dealkylation sites (N-methyl/N-ethyl adjacent to an activating group) is 1. The summed E-state index contributed by atoms with van der Waals surface area (Å²) in [6, 6.07) is 0. The predicted octanol–water partition coefficient (Wildman–Crippen LogP) is 1.29. The fourth-order valence-electron chi connectivity index (χ4n) is 1.86. The van der Waals surface area contributed by atoms with Gasteiger partial charge >= 0.3 is 5.97 Å². The number of rotatable bonds is 7. The maximum Gasteiger partial charge on any atom is 0.323 e. The molecule has 0 bridgehead atoms. The number of imidazole rings is 1. The first kappa shape index (κ1) is 13.7. The van der Waals surface area contributed by atoms with E-state index in [1.807, 2.05) is 24.6 Å². The predicted molar refractivity (Wildman–Crippen MR) is 65.9 cm³/mol. The standard InChI is InChI=1S/C12H21N3O2/c1-4-10-13-7-9-15(10)8-6-12(3,11(16)17)14-5-2/h7,9,14H,4-6,8H2,1-3H3,(H,16,17). The van der Waals surface area contributed by atoms with Gasteiger partial charge in [0.25, 0.3) is 0 Å². The van der Waals surface area contributed by atoms with Crippen molar-refractivity contribution in [3.8, 4) is 0 Å². The molecule has 1 rings (SSSR count). The lowest BCUT2D eigenvalue weighted by atomic mass is 9.98. The molecule has 0 aliphatic heterocycles. The zero-order valence-corrected chi connectivity index (χ0v) is 10.7. The molecule has 0 saturated carbocycles. The lowest BCUT2D eigenvalue weighted by Crippen LogP contribution is -2.50. The van der Waals surface area contributed by atoms with Gasteiger partial charge in [-0.05, 0) is 19.9 Å². The van der Waals surface area contributed by atoms with Crippen LogP contribution in [0.15, 0.2) is 12.4 Å². The molecular weight excluding hydrogens is 218 g/mol. The SMILES string of the molecule is CCNC(C)(CCn1ccnc1CC)C(=O)O. The Hall–Kier alpha value is -1.36. The molecule has 5 heteroatoms. The van der Waals surface area contributed by atoms with E-state index in [0.29, 0.717) is 19.5 Å². The average molecular weight is 239 g/mol. The molecule has 17 heavy (non-hydrogen) atoms. The Bertz CT molecular complexity index is 376. The van der Waals surface area contributed by atoms with Gasteiger partial charge in [0.2, 0.25) is 0 Å². The van der Waals surface area contributed by atoms with E-state index in [1.165, 1.54) is 0 Å². The summed E-state index contributed by atoms with van der Waals surface area (Å²) in [6.45, 7) is 6.99. The lowest BCUT2D eigenvalue weighted by Gasteiger charge is -2.26. The van der Waals surface area contributed by atoms with E-state index < -0.39 is 11.5 Å². The fourth-order valence-corrected chi connectivity index (χ4v) is 1.86. The van der Waals surface area contributed by atoms with E-state index in [-0.39, 0.29) is 0 Å². The van der Waals surface area contributed by atoms with Crippen LogP contribution in [0.2, 0.25) is 0 Å². The lowest BCUT2D eigenvalue weighted by molar-refractivity contribution is -0.144. The highest BCUT2D eigenvalue weighted by atomic mass is 16.4. The Balaban J connectivity index is 2.67. The van der Waals surface area contributed by atoms with E-state index in [1.54, 1.807) is 13.1 Å². The number of carboxylic acid groups (broad SMARTS) is 1. The van der Waals surface area contributed by atoms with Crippen LogP contribution >= 0.6 is 0 Å². The maximum absolute atomic E-state index is 11.2. The number of nitrogens with one attached hydrogen (secondary N) is 1. The van der Waals surface area contributed by atoms with Crippen LogP contribution in [0.5, 0.6) is 0 Å². The van der Waals surface area contributed by atoms with E-state index >= 15 is 0 Å². The Morgan fingerprint density at radius 3 is 2.82 bits per heavy atom. The summed E-state index contributed by atoms with van der Waals surface area (Å²) in [7, 11) is 0. The number of hydrogen-bond acceptors (Lipinski definition) is 3. The molecule has 0 radical (unpaired) electrons. The summed E-state index contributed by atoms with van der Waals surface area (Å²) in [4.78, 5) is 15.5. The normalized spacial score (nSPS) is 14.5. The minimum absolute atomic E-state index is 0.541. The molecule has 2 N–H and O–H groups in total. The first-order valence-electron chi connectivity index (χ1n) is 6.02. The van der Waals surface area contributed by atoms with Crippen molar-refractivity contribution in [1.29, 1.82) is 0 Å². The second-order valence-electron chi connectivity index (χ2n) is 4.31. The summed E-state index contributed by atoms with van der Waals surface area (Å²) >= 11 is 0. The second kappa shape index (κ2) is 5.82. The van der Waals surface area contributed by atoms with Gasteiger partial charge in [0.15, 0.2) is 0 Å². The molecule has 1 aromatic rings. The van der Waals surface area contributed by atoms with Gasteiger partial charge in [0, 0.05) is 25.4 Å². The number of aliphatic carboxylic acids is 1. The molecule has 0 fully saturated rings. The third-order valence-electron chi connectivity index (χ3n) is 3.01. The molecule has 0 saturated heterocycles. The highest BCUT2D eigenvalue weighted by molar-refractivity contribution is 5.78. The molecule has 1 heterocycles. The molecular formula is C12H21N3O2. The third kappa shape index (κ3) is 3.30. The van der Waals surface area contributed by atoms with E-state index in [4.69, 9.17) is 0 Å². The first-order chi connectivity index (χ1) is 8.03. The quantitative estimate of drug-likeness (QED) is 0.752. The van der Waals surface area contributed by atoms with Crippen molar-refractivity contribution in [2.24, 2.45) is 0 Å². The zero-order chi connectivity index (χ0) is 12.9. The topological polar surface area (TPSA) is 67.2 Å². The summed E-state index contributed by atoms with van der Waals surface area (Å²) in [5.74, 6) is 0.187. The molecule has 0 amide bonds. The van der Waals surface area contributed by atoms with Crippen LogP contribution in [-0.4, -0.2) is 32.7 Å². The van der Waals surface area contributed by atoms with Gasteiger partial charge in [0.1, 0.15) is 11.4 Å². The van der Waals surface area contributed by atoms with Gasteiger partial charge < -0.3 is 15.0 Å². The van der Waals surface area contributed by atoms with Gasteiger partial charge in [-0.3, -0.25) is 4.79 Å². The van der Waals surface area contributed by atoms with Gasteiger partial charge in [-0.25, -0.2) is 4.98 Å². The van der Waals surface area contributed by atoms with E-state index in [2.05, 4.69) is 10.3 Å². The highest BCUT2D eigenvalue weighted by Crippen LogP contribution is 2.12. The average Bonchev–Trinajstić information content (AvgIpc) is 2.74. The molecule has 1 aromatic heterocycles. The Labute approximate surface area is 102 Å². The number of aromatic nitrogens is 2. The summed E-state index contributed by atoms with van der Waals surface area (Å²) in [6.07, 6.45) is 5.05. The van der Waals surface area contributed by atoms with Gasteiger partial charge in [-0.15, -0.1) is 0 Å². The van der Waals surface area contributed by atoms with Gasteiger partial charge in [-0.1, -0.05) is 13.8 Å². The summed E-state index contributed by atoms with van der Waals surface area (Å²) in [5.41, 5.74) is -0.871. The maximum atomic E-state index is 11.2. The number of carbonyl (C=O) groups is 1. The molecule has 0 aliphatic carbocycles. The van der Waals surface area contributed by atoms with Crippen molar-refractivity contribution < 1.29 is 9.90 Å². The Morgan fingerprint density at radius 2 is 2.29 bits per heavy atom. The second-order valence-corrected chi connectivity index (χ2v) is 4.31. The highest BCUT2D eigenvalue weighted by Gasteiger charge is 2.31. The van der Waals surface area contributed by atoms with Crippen molar-refractivity contribution in [2.75, 3.05) is 6.54 Å². The van der Waals surface area contributed by atoms with Crippen molar-refractivity contribution in [3.63, 3.8) is 0 Å². The number of aryl methyl sites for hydroxylation is 2. The number of nitrogens with zero attached hydrogens (tertiary/aromatic N) is 2. The molecule has 1 unspecified atom stereocenters. The number of hydrogen-bond donors (Lipinski definition) is 2. The van der Waals surface area contributed by atoms with Crippen molar-refractivity contribution in [1.82, 2.24) is 14.9 Å². The van der Waals surface area contributed by atoms with Crippen molar-refractivity contribution in [2.45, 2.75) is 45.7 Å². The van der Waals surface area contributed by atoms with E-state index in [0.717, 1.165) is 12.2 Å². The van der Waals surface area contributed by atoms with Crippen LogP contribution < -0.4 is 5.32 Å². The smallest absolute Gasteiger partial charge is 0.323 e. The van der Waals surface area contributed by atoms with Gasteiger partial charge in [0.05, 0.1) is 0 Å². The molecule has 1 atom stereocenters. The van der Waals surface area contributed by atoms with Crippen molar-refractivity contribution >= 4 is 5.97 Å². The van der Waals surface area contributed by atoms with Crippen LogP contribution in [0, 0.1) is 0 Å². The van der Waals surface area contributed by atoms with Crippen LogP contribution in [-0.2, 0) is 17.8 Å². The van der Waals surface area contributed by atoms with Crippen LogP contribution in [0.1, 0.15) is 33.0 Å². The number of carboxylic acids is 1. The van der Waals surface area contributed by atoms with Crippen LogP contribution in [0.4, 0.5) is 0 Å². The third-order valence-corrected chi connectivity index (χ3v) is 3.01. The Kier molecular flexibility index (Phi) is 4.69.